The number of amides is 1. The van der Waals surface area contributed by atoms with E-state index in [1.54, 1.807) is 0 Å². The number of hydrogen-bond acceptors (Lipinski definition) is 7. The number of H-pyrrole nitrogens is 1. The molecule has 2 aliphatic rings. The van der Waals surface area contributed by atoms with Crippen molar-refractivity contribution in [2.24, 2.45) is 0 Å². The van der Waals surface area contributed by atoms with Crippen LogP contribution in [-0.4, -0.2) is 53.1 Å². The van der Waals surface area contributed by atoms with E-state index in [9.17, 15) is 18.9 Å². The molecule has 2 saturated heterocycles. The molecule has 1 aromatic rings. The molecule has 1 aromatic heterocycles. The second-order valence-electron chi connectivity index (χ2n) is 5.76. The van der Waals surface area contributed by atoms with Crippen LogP contribution >= 0.6 is 8.03 Å². The van der Waals surface area contributed by atoms with Gasteiger partial charge in [0.2, 0.25) is 5.91 Å². The fraction of sp³-hybridized carbons (Fsp3) is 0.615. The quantitative estimate of drug-likeness (QED) is 0.653. The summed E-state index contributed by atoms with van der Waals surface area (Å²) in [6.45, 7) is 2.83. The predicted molar refractivity (Wildman–Crippen MR) is 81.0 cm³/mol. The minimum atomic E-state index is -1.87. The van der Waals surface area contributed by atoms with Crippen molar-refractivity contribution in [3.8, 4) is 0 Å². The lowest BCUT2D eigenvalue weighted by molar-refractivity contribution is -0.182. The maximum atomic E-state index is 12.0. The summed E-state index contributed by atoms with van der Waals surface area (Å²) in [6, 6.07) is 0.616. The summed E-state index contributed by atoms with van der Waals surface area (Å²) in [4.78, 5) is 36.9. The van der Waals surface area contributed by atoms with E-state index in [-0.39, 0.29) is 19.1 Å². The molecule has 3 heterocycles. The lowest BCUT2D eigenvalue weighted by Crippen LogP contribution is -2.52. The molecular formula is C13H17N3O7P+. The highest BCUT2D eigenvalue weighted by Gasteiger charge is 2.63. The second kappa shape index (κ2) is 6.21. The van der Waals surface area contributed by atoms with Crippen LogP contribution in [0.3, 0.4) is 0 Å². The Morgan fingerprint density at radius 3 is 2.96 bits per heavy atom. The number of rotatable bonds is 5. The van der Waals surface area contributed by atoms with Gasteiger partial charge in [-0.05, 0) is 4.57 Å². The van der Waals surface area contributed by atoms with E-state index in [0.717, 1.165) is 0 Å². The Labute approximate surface area is 137 Å². The van der Waals surface area contributed by atoms with Crippen molar-refractivity contribution in [2.75, 3.05) is 19.9 Å². The molecule has 3 rings (SSSR count). The molecule has 11 heteroatoms. The van der Waals surface area contributed by atoms with Gasteiger partial charge in [0.1, 0.15) is 18.3 Å². The zero-order valence-electron chi connectivity index (χ0n) is 13.1. The van der Waals surface area contributed by atoms with Crippen LogP contribution in [-0.2, 0) is 23.4 Å². The first-order valence-corrected chi connectivity index (χ1v) is 8.87. The Balaban J connectivity index is 1.94. The third-order valence-corrected chi connectivity index (χ3v) is 4.52. The lowest BCUT2D eigenvalue weighted by Gasteiger charge is -2.30. The maximum absolute atomic E-state index is 12.0. The Hall–Kier alpha value is -1.87. The van der Waals surface area contributed by atoms with Gasteiger partial charge in [0.05, 0.1) is 12.6 Å². The van der Waals surface area contributed by atoms with Crippen molar-refractivity contribution in [3.05, 3.63) is 33.1 Å². The first kappa shape index (κ1) is 17.0. The van der Waals surface area contributed by atoms with Crippen LogP contribution in [0.5, 0.6) is 0 Å². The molecule has 10 nitrogen and oxygen atoms in total. The maximum Gasteiger partial charge on any atom is 0.504 e. The van der Waals surface area contributed by atoms with E-state index in [4.69, 9.17) is 14.0 Å². The van der Waals surface area contributed by atoms with Crippen LogP contribution in [0.4, 0.5) is 0 Å². The van der Waals surface area contributed by atoms with Crippen LogP contribution in [0, 0.1) is 0 Å². The highest BCUT2D eigenvalue weighted by molar-refractivity contribution is 7.38. The molecular weight excluding hydrogens is 341 g/mol. The average molecular weight is 358 g/mol. The molecule has 130 valence electrons. The molecule has 0 saturated carbocycles. The minimum Gasteiger partial charge on any atom is -0.368 e. The van der Waals surface area contributed by atoms with Gasteiger partial charge in [-0.2, -0.15) is 0 Å². The number of hydrogen-bond donors (Lipinski definition) is 2. The molecule has 5 atom stereocenters. The van der Waals surface area contributed by atoms with Crippen molar-refractivity contribution >= 4 is 13.9 Å². The Kier molecular flexibility index (Phi) is 4.39. The standard InChI is InChI=1S/C13H16N3O7P/c1-7(17)14-10-9-11(16-4-3-8(18)15-12(16)19)23-13(10,5-21-9)6-22-24(2)20/h3-4,9-11H,5-6H2,1-2H3,(H-,14,15,17,18,19)/p+1/t9-,10+,11-,13-/m1/s1. The van der Waals surface area contributed by atoms with Crippen molar-refractivity contribution in [2.45, 2.75) is 30.9 Å². The average Bonchev–Trinajstić information content (AvgIpc) is 2.97. The van der Waals surface area contributed by atoms with E-state index in [0.29, 0.717) is 0 Å². The number of aromatic nitrogens is 2. The molecule has 2 aliphatic heterocycles. The number of nitrogens with one attached hydrogen (secondary N) is 2. The smallest absolute Gasteiger partial charge is 0.368 e. The van der Waals surface area contributed by atoms with Gasteiger partial charge in [0, 0.05) is 19.2 Å². The van der Waals surface area contributed by atoms with Crippen LogP contribution in [0.15, 0.2) is 21.9 Å². The van der Waals surface area contributed by atoms with Gasteiger partial charge in [0.25, 0.3) is 5.56 Å². The molecule has 1 amide bonds. The topological polar surface area (TPSA) is 129 Å². The Morgan fingerprint density at radius 2 is 2.33 bits per heavy atom. The normalized spacial score (nSPS) is 31.9. The third kappa shape index (κ3) is 2.93. The third-order valence-electron chi connectivity index (χ3n) is 4.03. The summed E-state index contributed by atoms with van der Waals surface area (Å²) in [6.07, 6.45) is -0.190. The molecule has 0 aliphatic carbocycles. The van der Waals surface area contributed by atoms with Crippen LogP contribution in [0.2, 0.25) is 0 Å². The number of ether oxygens (including phenoxy) is 2. The number of nitrogens with zero attached hydrogens (tertiary/aromatic N) is 1. The first-order chi connectivity index (χ1) is 11.3. The van der Waals surface area contributed by atoms with E-state index in [1.807, 2.05) is 0 Å². The monoisotopic (exact) mass is 358 g/mol. The molecule has 0 spiro atoms. The summed E-state index contributed by atoms with van der Waals surface area (Å²) in [5.74, 6) is -0.293. The summed E-state index contributed by atoms with van der Waals surface area (Å²) < 4.78 is 29.3. The minimum absolute atomic E-state index is 0.0608. The van der Waals surface area contributed by atoms with Gasteiger partial charge >= 0.3 is 13.7 Å². The molecule has 1 unspecified atom stereocenters. The number of carbonyl (C=O) groups is 1. The fourth-order valence-corrected chi connectivity index (χ4v) is 3.43. The number of fused-ring (bicyclic) bond motifs is 2. The van der Waals surface area contributed by atoms with Gasteiger partial charge in [0.15, 0.2) is 12.9 Å². The molecule has 0 radical (unpaired) electrons. The summed E-state index contributed by atoms with van der Waals surface area (Å²) >= 11 is 0. The zero-order valence-corrected chi connectivity index (χ0v) is 13.9. The van der Waals surface area contributed by atoms with E-state index in [1.165, 1.54) is 30.4 Å². The number of aromatic amines is 1. The molecule has 2 bridgehead atoms. The van der Waals surface area contributed by atoms with Crippen molar-refractivity contribution < 1.29 is 23.4 Å². The summed E-state index contributed by atoms with van der Waals surface area (Å²) in [5.41, 5.74) is -2.24. The molecule has 2 N–H and O–H groups in total. The molecule has 2 fully saturated rings. The second-order valence-corrected chi connectivity index (χ2v) is 6.90. The van der Waals surface area contributed by atoms with Crippen molar-refractivity contribution in [1.82, 2.24) is 14.9 Å². The summed E-state index contributed by atoms with van der Waals surface area (Å²) in [5, 5.41) is 2.75. The summed E-state index contributed by atoms with van der Waals surface area (Å²) in [7, 11) is -1.87. The van der Waals surface area contributed by atoms with Gasteiger partial charge < -0.3 is 14.8 Å². The van der Waals surface area contributed by atoms with Crippen molar-refractivity contribution in [1.29, 1.82) is 0 Å². The van der Waals surface area contributed by atoms with E-state index < -0.39 is 43.3 Å². The highest BCUT2D eigenvalue weighted by atomic mass is 31.1. The predicted octanol–water partition coefficient (Wildman–Crippen LogP) is -0.903. The largest absolute Gasteiger partial charge is 0.504 e. The Bertz CT molecular complexity index is 790. The Morgan fingerprint density at radius 1 is 1.58 bits per heavy atom. The molecule has 24 heavy (non-hydrogen) atoms. The van der Waals surface area contributed by atoms with Crippen LogP contribution < -0.4 is 16.6 Å². The van der Waals surface area contributed by atoms with Gasteiger partial charge in [-0.25, -0.2) is 4.79 Å². The number of carbonyl (C=O) groups excluding carboxylic acids is 1. The zero-order chi connectivity index (χ0) is 17.5. The first-order valence-electron chi connectivity index (χ1n) is 7.24. The lowest BCUT2D eigenvalue weighted by atomic mass is 9.97. The van der Waals surface area contributed by atoms with Crippen LogP contribution in [0.1, 0.15) is 13.2 Å². The SMILES string of the molecule is CC(=O)N[C@H]1[C@H]2OC[C@]1(CO[P+](C)=O)O[C@H]2n1ccc(=O)[nH]c1=O. The van der Waals surface area contributed by atoms with Gasteiger partial charge in [-0.1, -0.05) is 0 Å². The van der Waals surface area contributed by atoms with E-state index >= 15 is 0 Å². The fourth-order valence-electron chi connectivity index (χ4n) is 3.03. The van der Waals surface area contributed by atoms with Crippen LogP contribution in [0.25, 0.3) is 0 Å². The van der Waals surface area contributed by atoms with E-state index in [2.05, 4.69) is 10.3 Å². The van der Waals surface area contributed by atoms with Gasteiger partial charge in [-0.15, -0.1) is 4.52 Å². The molecule has 0 aromatic carbocycles. The van der Waals surface area contributed by atoms with Gasteiger partial charge in [-0.3, -0.25) is 19.1 Å². The highest BCUT2D eigenvalue weighted by Crippen LogP contribution is 2.45. The van der Waals surface area contributed by atoms with Crippen molar-refractivity contribution in [3.63, 3.8) is 0 Å².